The standard InChI is InChI=1S/C10H16N2/c1-4-9(11)10-6-5-7(2)8(3)12-10/h5-6,9H,4,11H2,1-3H3. The lowest BCUT2D eigenvalue weighted by Crippen LogP contribution is -2.11. The Labute approximate surface area is 73.8 Å². The molecule has 1 atom stereocenters. The second-order valence-electron chi connectivity index (χ2n) is 3.15. The van der Waals surface area contributed by atoms with E-state index in [1.165, 1.54) is 5.56 Å². The van der Waals surface area contributed by atoms with Crippen LogP contribution in [0.3, 0.4) is 0 Å². The van der Waals surface area contributed by atoms with E-state index < -0.39 is 0 Å². The first-order chi connectivity index (χ1) is 5.65. The van der Waals surface area contributed by atoms with E-state index in [0.29, 0.717) is 0 Å². The Hall–Kier alpha value is -0.890. The van der Waals surface area contributed by atoms with E-state index in [2.05, 4.69) is 24.9 Å². The van der Waals surface area contributed by atoms with Crippen molar-refractivity contribution in [2.45, 2.75) is 33.2 Å². The number of aromatic nitrogens is 1. The lowest BCUT2D eigenvalue weighted by Gasteiger charge is -2.09. The van der Waals surface area contributed by atoms with Crippen LogP contribution < -0.4 is 5.73 Å². The van der Waals surface area contributed by atoms with Gasteiger partial charge >= 0.3 is 0 Å². The maximum Gasteiger partial charge on any atom is 0.0574 e. The van der Waals surface area contributed by atoms with Crippen molar-refractivity contribution in [2.75, 3.05) is 0 Å². The fraction of sp³-hybridized carbons (Fsp3) is 0.500. The highest BCUT2D eigenvalue weighted by atomic mass is 14.8. The predicted molar refractivity (Wildman–Crippen MR) is 50.9 cm³/mol. The minimum absolute atomic E-state index is 0.0873. The summed E-state index contributed by atoms with van der Waals surface area (Å²) in [5.74, 6) is 0. The molecule has 0 aliphatic carbocycles. The van der Waals surface area contributed by atoms with Gasteiger partial charge in [-0.1, -0.05) is 13.0 Å². The van der Waals surface area contributed by atoms with Gasteiger partial charge in [0.15, 0.2) is 0 Å². The van der Waals surface area contributed by atoms with Crippen LogP contribution in [0.1, 0.15) is 36.3 Å². The van der Waals surface area contributed by atoms with Gasteiger partial charge in [-0.25, -0.2) is 0 Å². The van der Waals surface area contributed by atoms with E-state index in [-0.39, 0.29) is 6.04 Å². The summed E-state index contributed by atoms with van der Waals surface area (Å²) in [4.78, 5) is 4.42. The number of rotatable bonds is 2. The summed E-state index contributed by atoms with van der Waals surface area (Å²) in [5.41, 5.74) is 9.16. The molecule has 2 heteroatoms. The number of nitrogens with two attached hydrogens (primary N) is 1. The second-order valence-corrected chi connectivity index (χ2v) is 3.15. The molecule has 1 aromatic heterocycles. The van der Waals surface area contributed by atoms with Crippen LogP contribution in [0.25, 0.3) is 0 Å². The molecule has 0 bridgehead atoms. The van der Waals surface area contributed by atoms with E-state index in [0.717, 1.165) is 17.8 Å². The van der Waals surface area contributed by atoms with Gasteiger partial charge in [-0.05, 0) is 31.9 Å². The smallest absolute Gasteiger partial charge is 0.0574 e. The predicted octanol–water partition coefficient (Wildman–Crippen LogP) is 2.11. The third kappa shape index (κ3) is 1.83. The highest BCUT2D eigenvalue weighted by Crippen LogP contribution is 2.13. The molecule has 0 saturated carbocycles. The van der Waals surface area contributed by atoms with Crippen molar-refractivity contribution in [2.24, 2.45) is 5.73 Å². The minimum Gasteiger partial charge on any atom is -0.323 e. The van der Waals surface area contributed by atoms with Crippen LogP contribution >= 0.6 is 0 Å². The molecule has 1 heterocycles. The molecule has 1 rings (SSSR count). The summed E-state index contributed by atoms with van der Waals surface area (Å²) >= 11 is 0. The van der Waals surface area contributed by atoms with Gasteiger partial charge in [0.1, 0.15) is 0 Å². The van der Waals surface area contributed by atoms with Crippen LogP contribution in [-0.2, 0) is 0 Å². The zero-order chi connectivity index (χ0) is 9.14. The van der Waals surface area contributed by atoms with Crippen molar-refractivity contribution >= 4 is 0 Å². The Bertz CT molecular complexity index is 269. The van der Waals surface area contributed by atoms with Gasteiger partial charge in [0.05, 0.1) is 5.69 Å². The van der Waals surface area contributed by atoms with E-state index in [1.54, 1.807) is 0 Å². The maximum absolute atomic E-state index is 5.85. The van der Waals surface area contributed by atoms with Gasteiger partial charge in [0.25, 0.3) is 0 Å². The van der Waals surface area contributed by atoms with Gasteiger partial charge in [0.2, 0.25) is 0 Å². The molecule has 0 fully saturated rings. The van der Waals surface area contributed by atoms with Crippen LogP contribution in [0.4, 0.5) is 0 Å². The van der Waals surface area contributed by atoms with E-state index >= 15 is 0 Å². The molecule has 0 aliphatic rings. The van der Waals surface area contributed by atoms with Gasteiger partial charge < -0.3 is 5.73 Å². The van der Waals surface area contributed by atoms with E-state index in [1.807, 2.05) is 13.0 Å². The van der Waals surface area contributed by atoms with Crippen LogP contribution in [0.2, 0.25) is 0 Å². The van der Waals surface area contributed by atoms with Crippen LogP contribution in [0.5, 0.6) is 0 Å². The summed E-state index contributed by atoms with van der Waals surface area (Å²) in [6.07, 6.45) is 0.940. The number of nitrogens with zero attached hydrogens (tertiary/aromatic N) is 1. The van der Waals surface area contributed by atoms with Gasteiger partial charge in [-0.3, -0.25) is 4.98 Å². The molecule has 0 spiro atoms. The lowest BCUT2D eigenvalue weighted by atomic mass is 10.1. The number of aryl methyl sites for hydroxylation is 2. The second kappa shape index (κ2) is 3.68. The first-order valence-corrected chi connectivity index (χ1v) is 4.35. The molecule has 2 nitrogen and oxygen atoms in total. The molecule has 66 valence electrons. The average Bonchev–Trinajstić information content (AvgIpc) is 2.08. The lowest BCUT2D eigenvalue weighted by molar-refractivity contribution is 0.672. The Morgan fingerprint density at radius 1 is 1.42 bits per heavy atom. The van der Waals surface area contributed by atoms with Crippen LogP contribution in [0.15, 0.2) is 12.1 Å². The first kappa shape index (κ1) is 9.20. The summed E-state index contributed by atoms with van der Waals surface area (Å²) < 4.78 is 0. The van der Waals surface area contributed by atoms with Gasteiger partial charge in [-0.15, -0.1) is 0 Å². The Morgan fingerprint density at radius 3 is 2.58 bits per heavy atom. The molecule has 0 aromatic carbocycles. The molecule has 12 heavy (non-hydrogen) atoms. The molecular weight excluding hydrogens is 148 g/mol. The fourth-order valence-corrected chi connectivity index (χ4v) is 1.07. The third-order valence-corrected chi connectivity index (χ3v) is 2.19. The summed E-state index contributed by atoms with van der Waals surface area (Å²) in [6, 6.07) is 4.17. The highest BCUT2D eigenvalue weighted by molar-refractivity contribution is 5.21. The highest BCUT2D eigenvalue weighted by Gasteiger charge is 2.04. The first-order valence-electron chi connectivity index (χ1n) is 4.35. The van der Waals surface area contributed by atoms with Crippen LogP contribution in [0, 0.1) is 13.8 Å². The minimum atomic E-state index is 0.0873. The molecule has 1 aromatic rings. The van der Waals surface area contributed by atoms with Crippen molar-refractivity contribution in [3.8, 4) is 0 Å². The van der Waals surface area contributed by atoms with Crippen molar-refractivity contribution in [1.82, 2.24) is 4.98 Å². The van der Waals surface area contributed by atoms with Crippen molar-refractivity contribution < 1.29 is 0 Å². The monoisotopic (exact) mass is 164 g/mol. The number of hydrogen-bond acceptors (Lipinski definition) is 2. The van der Waals surface area contributed by atoms with Crippen LogP contribution in [-0.4, -0.2) is 4.98 Å². The van der Waals surface area contributed by atoms with Crippen molar-refractivity contribution in [3.05, 3.63) is 29.1 Å². The maximum atomic E-state index is 5.85. The summed E-state index contributed by atoms with van der Waals surface area (Å²) in [7, 11) is 0. The average molecular weight is 164 g/mol. The van der Waals surface area contributed by atoms with Crippen molar-refractivity contribution in [3.63, 3.8) is 0 Å². The molecule has 0 aliphatic heterocycles. The molecule has 1 unspecified atom stereocenters. The number of hydrogen-bond donors (Lipinski definition) is 1. The van der Waals surface area contributed by atoms with Crippen molar-refractivity contribution in [1.29, 1.82) is 0 Å². The summed E-state index contributed by atoms with van der Waals surface area (Å²) in [6.45, 7) is 6.15. The fourth-order valence-electron chi connectivity index (χ4n) is 1.07. The molecule has 0 amide bonds. The SMILES string of the molecule is CCC(N)c1ccc(C)c(C)n1. The number of pyridine rings is 1. The quantitative estimate of drug-likeness (QED) is 0.727. The summed E-state index contributed by atoms with van der Waals surface area (Å²) in [5, 5.41) is 0. The topological polar surface area (TPSA) is 38.9 Å². The van der Waals surface area contributed by atoms with E-state index in [9.17, 15) is 0 Å². The Morgan fingerprint density at radius 2 is 2.08 bits per heavy atom. The Balaban J connectivity index is 2.96. The Kier molecular flexibility index (Phi) is 2.82. The zero-order valence-corrected chi connectivity index (χ0v) is 7.96. The van der Waals surface area contributed by atoms with E-state index in [4.69, 9.17) is 5.73 Å². The molecule has 0 saturated heterocycles. The zero-order valence-electron chi connectivity index (χ0n) is 7.96. The normalized spacial score (nSPS) is 13.0. The molecule has 2 N–H and O–H groups in total. The van der Waals surface area contributed by atoms with Gasteiger partial charge in [0, 0.05) is 11.7 Å². The van der Waals surface area contributed by atoms with Gasteiger partial charge in [-0.2, -0.15) is 0 Å². The molecular formula is C10H16N2. The molecule has 0 radical (unpaired) electrons. The largest absolute Gasteiger partial charge is 0.323 e. The third-order valence-electron chi connectivity index (χ3n) is 2.19.